The molecule has 29 heavy (non-hydrogen) atoms. The lowest BCUT2D eigenvalue weighted by Crippen LogP contribution is -2.29. The summed E-state index contributed by atoms with van der Waals surface area (Å²) in [6.07, 6.45) is 6.02. The van der Waals surface area contributed by atoms with Crippen molar-refractivity contribution in [2.45, 2.75) is 32.2 Å². The standard InChI is InChI=1S/C23H24FN3OS/c24-21-7-3-2-6-19(21)14-20-15-25-23(29-20)26-22(28)18-10-8-17(9-11-18)16-27-12-4-1-5-13-27/h2-3,6-11,15H,1,4-5,12-14,16H2,(H,25,26,28). The molecule has 1 aromatic heterocycles. The van der Waals surface area contributed by atoms with Gasteiger partial charge in [0.15, 0.2) is 5.13 Å². The Kier molecular flexibility index (Phi) is 6.32. The first kappa shape index (κ1) is 19.7. The van der Waals surface area contributed by atoms with Crippen LogP contribution in [-0.4, -0.2) is 28.9 Å². The molecule has 1 aliphatic heterocycles. The first-order valence-electron chi connectivity index (χ1n) is 9.98. The third-order valence-electron chi connectivity index (χ3n) is 5.17. The van der Waals surface area contributed by atoms with Crippen molar-refractivity contribution in [3.63, 3.8) is 0 Å². The van der Waals surface area contributed by atoms with Gasteiger partial charge in [0.2, 0.25) is 0 Å². The summed E-state index contributed by atoms with van der Waals surface area (Å²) in [6.45, 7) is 3.25. The molecule has 0 radical (unpaired) electrons. The van der Waals surface area contributed by atoms with Crippen molar-refractivity contribution in [3.05, 3.63) is 82.1 Å². The predicted molar refractivity (Wildman–Crippen MR) is 115 cm³/mol. The van der Waals surface area contributed by atoms with E-state index in [1.807, 2.05) is 30.3 Å². The Bertz CT molecular complexity index is 964. The lowest BCUT2D eigenvalue weighted by molar-refractivity contribution is 0.102. The Hall–Kier alpha value is -2.57. The zero-order valence-corrected chi connectivity index (χ0v) is 17.1. The first-order valence-corrected chi connectivity index (χ1v) is 10.8. The van der Waals surface area contributed by atoms with Crippen LogP contribution in [0.2, 0.25) is 0 Å². The molecular formula is C23H24FN3OS. The second-order valence-electron chi connectivity index (χ2n) is 7.39. The van der Waals surface area contributed by atoms with Crippen LogP contribution in [0, 0.1) is 5.82 Å². The van der Waals surface area contributed by atoms with Crippen LogP contribution in [-0.2, 0) is 13.0 Å². The van der Waals surface area contributed by atoms with Crippen LogP contribution < -0.4 is 5.32 Å². The molecule has 0 unspecified atom stereocenters. The lowest BCUT2D eigenvalue weighted by atomic mass is 10.1. The number of hydrogen-bond acceptors (Lipinski definition) is 4. The monoisotopic (exact) mass is 409 g/mol. The number of carbonyl (C=O) groups is 1. The molecule has 0 atom stereocenters. The molecule has 6 heteroatoms. The van der Waals surface area contributed by atoms with Gasteiger partial charge in [-0.25, -0.2) is 9.37 Å². The quantitative estimate of drug-likeness (QED) is 0.615. The number of halogens is 1. The highest BCUT2D eigenvalue weighted by Crippen LogP contribution is 2.23. The maximum Gasteiger partial charge on any atom is 0.257 e. The number of thiazole rings is 1. The van der Waals surface area contributed by atoms with Crippen molar-refractivity contribution in [1.29, 1.82) is 0 Å². The molecule has 0 spiro atoms. The molecule has 1 saturated heterocycles. The van der Waals surface area contributed by atoms with E-state index in [4.69, 9.17) is 0 Å². The van der Waals surface area contributed by atoms with E-state index >= 15 is 0 Å². The fourth-order valence-corrected chi connectivity index (χ4v) is 4.41. The number of carbonyl (C=O) groups excluding carboxylic acids is 1. The Morgan fingerprint density at radius 2 is 1.83 bits per heavy atom. The summed E-state index contributed by atoms with van der Waals surface area (Å²) < 4.78 is 13.8. The zero-order valence-electron chi connectivity index (χ0n) is 16.2. The van der Waals surface area contributed by atoms with Gasteiger partial charge in [0.25, 0.3) is 5.91 Å². The van der Waals surface area contributed by atoms with Gasteiger partial charge in [0, 0.05) is 29.6 Å². The molecule has 150 valence electrons. The molecule has 4 rings (SSSR count). The van der Waals surface area contributed by atoms with Gasteiger partial charge in [-0.2, -0.15) is 0 Å². The van der Waals surface area contributed by atoms with E-state index in [0.29, 0.717) is 22.7 Å². The van der Waals surface area contributed by atoms with Crippen molar-refractivity contribution < 1.29 is 9.18 Å². The molecule has 1 amide bonds. The molecule has 4 nitrogen and oxygen atoms in total. The second kappa shape index (κ2) is 9.29. The maximum atomic E-state index is 13.8. The minimum Gasteiger partial charge on any atom is -0.299 e. The average Bonchev–Trinajstić information content (AvgIpc) is 3.18. The number of nitrogens with zero attached hydrogens (tertiary/aromatic N) is 2. The maximum absolute atomic E-state index is 13.8. The smallest absolute Gasteiger partial charge is 0.257 e. The van der Waals surface area contributed by atoms with Crippen LogP contribution >= 0.6 is 11.3 Å². The van der Waals surface area contributed by atoms with Crippen molar-refractivity contribution in [1.82, 2.24) is 9.88 Å². The molecule has 0 bridgehead atoms. The molecule has 1 fully saturated rings. The number of likely N-dealkylation sites (tertiary alicyclic amines) is 1. The van der Waals surface area contributed by atoms with E-state index in [1.165, 1.54) is 42.2 Å². The van der Waals surface area contributed by atoms with Crippen LogP contribution in [0.15, 0.2) is 54.7 Å². The van der Waals surface area contributed by atoms with Gasteiger partial charge in [0.1, 0.15) is 5.82 Å². The Balaban J connectivity index is 1.34. The van der Waals surface area contributed by atoms with E-state index in [9.17, 15) is 9.18 Å². The number of anilines is 1. The molecule has 3 aromatic rings. The summed E-state index contributed by atoms with van der Waals surface area (Å²) in [6, 6.07) is 14.5. The molecule has 0 saturated carbocycles. The van der Waals surface area contributed by atoms with Crippen LogP contribution in [0.3, 0.4) is 0 Å². The van der Waals surface area contributed by atoms with E-state index < -0.39 is 0 Å². The van der Waals surface area contributed by atoms with E-state index in [0.717, 1.165) is 24.5 Å². The number of piperidine rings is 1. The number of nitrogens with one attached hydrogen (secondary N) is 1. The van der Waals surface area contributed by atoms with Gasteiger partial charge < -0.3 is 0 Å². The van der Waals surface area contributed by atoms with Crippen LogP contribution in [0.1, 0.15) is 45.6 Å². The lowest BCUT2D eigenvalue weighted by Gasteiger charge is -2.26. The fourth-order valence-electron chi connectivity index (χ4n) is 3.58. The molecular weight excluding hydrogens is 385 g/mol. The van der Waals surface area contributed by atoms with Crippen LogP contribution in [0.5, 0.6) is 0 Å². The van der Waals surface area contributed by atoms with Crippen LogP contribution in [0.4, 0.5) is 9.52 Å². The van der Waals surface area contributed by atoms with Gasteiger partial charge in [-0.1, -0.05) is 36.8 Å². The summed E-state index contributed by atoms with van der Waals surface area (Å²) in [5.41, 5.74) is 2.46. The Morgan fingerprint density at radius 1 is 1.07 bits per heavy atom. The van der Waals surface area contributed by atoms with Gasteiger partial charge in [-0.15, -0.1) is 11.3 Å². The van der Waals surface area contributed by atoms with E-state index in [1.54, 1.807) is 18.3 Å². The summed E-state index contributed by atoms with van der Waals surface area (Å²) in [5.74, 6) is -0.405. The van der Waals surface area contributed by atoms with Crippen molar-refractivity contribution >= 4 is 22.4 Å². The number of benzene rings is 2. The zero-order chi connectivity index (χ0) is 20.1. The molecule has 2 aromatic carbocycles. The summed E-state index contributed by atoms with van der Waals surface area (Å²) >= 11 is 1.37. The minimum absolute atomic E-state index is 0.179. The largest absolute Gasteiger partial charge is 0.299 e. The predicted octanol–water partition coefficient (Wildman–Crippen LogP) is 5.11. The molecule has 1 aliphatic rings. The summed E-state index contributed by atoms with van der Waals surface area (Å²) in [4.78, 5) is 20.2. The first-order chi connectivity index (χ1) is 14.2. The fraction of sp³-hybridized carbons (Fsp3) is 0.304. The third kappa shape index (κ3) is 5.28. The second-order valence-corrected chi connectivity index (χ2v) is 8.50. The van der Waals surface area contributed by atoms with Crippen LogP contribution in [0.25, 0.3) is 0 Å². The van der Waals surface area contributed by atoms with Crippen molar-refractivity contribution in [2.24, 2.45) is 0 Å². The van der Waals surface area contributed by atoms with Gasteiger partial charge in [0.05, 0.1) is 0 Å². The van der Waals surface area contributed by atoms with Crippen molar-refractivity contribution in [2.75, 3.05) is 18.4 Å². The number of amides is 1. The van der Waals surface area contributed by atoms with E-state index in [2.05, 4.69) is 15.2 Å². The molecule has 0 aliphatic carbocycles. The highest BCUT2D eigenvalue weighted by atomic mass is 32.1. The van der Waals surface area contributed by atoms with Gasteiger partial charge in [-0.3, -0.25) is 15.0 Å². The highest BCUT2D eigenvalue weighted by molar-refractivity contribution is 7.15. The Labute approximate surface area is 174 Å². The number of hydrogen-bond donors (Lipinski definition) is 1. The van der Waals surface area contributed by atoms with E-state index in [-0.39, 0.29) is 11.7 Å². The Morgan fingerprint density at radius 3 is 2.59 bits per heavy atom. The summed E-state index contributed by atoms with van der Waals surface area (Å²) in [5, 5.41) is 3.37. The normalized spacial score (nSPS) is 14.7. The SMILES string of the molecule is O=C(Nc1ncc(Cc2ccccc2F)s1)c1ccc(CN2CCCCC2)cc1. The number of aromatic nitrogens is 1. The highest BCUT2D eigenvalue weighted by Gasteiger charge is 2.13. The topological polar surface area (TPSA) is 45.2 Å². The van der Waals surface area contributed by atoms with Gasteiger partial charge in [-0.05, 0) is 55.3 Å². The van der Waals surface area contributed by atoms with Gasteiger partial charge >= 0.3 is 0 Å². The summed E-state index contributed by atoms with van der Waals surface area (Å²) in [7, 11) is 0. The van der Waals surface area contributed by atoms with Crippen molar-refractivity contribution in [3.8, 4) is 0 Å². The average molecular weight is 410 g/mol. The number of rotatable bonds is 6. The molecule has 1 N–H and O–H groups in total. The minimum atomic E-state index is -0.226. The molecule has 2 heterocycles. The third-order valence-corrected chi connectivity index (χ3v) is 6.08.